The van der Waals surface area contributed by atoms with Crippen LogP contribution in [-0.4, -0.2) is 35.1 Å². The molecular weight excluding hydrogens is 230 g/mol. The van der Waals surface area contributed by atoms with Crippen molar-refractivity contribution in [2.75, 3.05) is 13.2 Å². The summed E-state index contributed by atoms with van der Waals surface area (Å²) in [5, 5.41) is 9.26. The van der Waals surface area contributed by atoms with Crippen LogP contribution in [0.2, 0.25) is 0 Å². The van der Waals surface area contributed by atoms with Crippen LogP contribution in [0, 0.1) is 6.92 Å². The number of rotatable bonds is 3. The molecule has 4 heteroatoms. The van der Waals surface area contributed by atoms with Gasteiger partial charge < -0.3 is 14.4 Å². The maximum atomic E-state index is 12.0. The number of hydrogen-bond donors (Lipinski definition) is 1. The minimum atomic E-state index is -0.0530. The Morgan fingerprint density at radius 2 is 2.39 bits per heavy atom. The summed E-state index contributed by atoms with van der Waals surface area (Å²) in [6.07, 6.45) is 6.17. The molecule has 0 spiro atoms. The summed E-state index contributed by atoms with van der Waals surface area (Å²) in [5.74, 6) is 1.45. The van der Waals surface area contributed by atoms with Crippen molar-refractivity contribution in [1.82, 2.24) is 4.90 Å². The van der Waals surface area contributed by atoms with Gasteiger partial charge in [-0.15, -0.1) is 0 Å². The van der Waals surface area contributed by atoms with Crippen molar-refractivity contribution in [2.45, 2.75) is 32.2 Å². The first-order chi connectivity index (χ1) is 8.70. The Labute approximate surface area is 107 Å². The van der Waals surface area contributed by atoms with E-state index in [4.69, 9.17) is 4.42 Å². The first kappa shape index (κ1) is 12.9. The second kappa shape index (κ2) is 5.87. The minimum absolute atomic E-state index is 0.0331. The van der Waals surface area contributed by atoms with E-state index >= 15 is 0 Å². The van der Waals surface area contributed by atoms with E-state index in [-0.39, 0.29) is 18.6 Å². The van der Waals surface area contributed by atoms with Crippen LogP contribution in [0.3, 0.4) is 0 Å². The molecule has 18 heavy (non-hydrogen) atoms. The second-order valence-corrected chi connectivity index (χ2v) is 4.65. The standard InChI is InChI=1S/C14H19NO3/c1-11-5-6-13(18-11)7-8-14(17)15-9-3-2-4-12(15)10-16/h5-8,12,16H,2-4,9-10H2,1H3/b8-7+. The number of aliphatic hydroxyl groups is 1. The van der Waals surface area contributed by atoms with E-state index in [9.17, 15) is 9.90 Å². The van der Waals surface area contributed by atoms with E-state index in [2.05, 4.69) is 0 Å². The average Bonchev–Trinajstić information content (AvgIpc) is 2.81. The molecule has 2 heterocycles. The zero-order chi connectivity index (χ0) is 13.0. The lowest BCUT2D eigenvalue weighted by molar-refractivity contribution is -0.130. The highest BCUT2D eigenvalue weighted by Gasteiger charge is 2.24. The molecule has 1 aliphatic heterocycles. The number of piperidine rings is 1. The Balaban J connectivity index is 2.00. The molecule has 1 aromatic rings. The van der Waals surface area contributed by atoms with E-state index in [0.717, 1.165) is 31.6 Å². The number of carbonyl (C=O) groups excluding carboxylic acids is 1. The highest BCUT2D eigenvalue weighted by molar-refractivity contribution is 5.91. The number of aliphatic hydroxyl groups excluding tert-OH is 1. The number of likely N-dealkylation sites (tertiary alicyclic amines) is 1. The number of amides is 1. The van der Waals surface area contributed by atoms with Crippen LogP contribution >= 0.6 is 0 Å². The lowest BCUT2D eigenvalue weighted by Gasteiger charge is -2.33. The largest absolute Gasteiger partial charge is 0.462 e. The molecule has 1 saturated heterocycles. The highest BCUT2D eigenvalue weighted by atomic mass is 16.3. The molecule has 1 amide bonds. The molecule has 4 nitrogen and oxygen atoms in total. The van der Waals surface area contributed by atoms with Gasteiger partial charge in [-0.3, -0.25) is 4.79 Å². The van der Waals surface area contributed by atoms with Gasteiger partial charge in [0.05, 0.1) is 12.6 Å². The molecule has 1 fully saturated rings. The van der Waals surface area contributed by atoms with Gasteiger partial charge in [0.15, 0.2) is 0 Å². The van der Waals surface area contributed by atoms with E-state index < -0.39 is 0 Å². The van der Waals surface area contributed by atoms with Crippen LogP contribution < -0.4 is 0 Å². The predicted molar refractivity (Wildman–Crippen MR) is 68.9 cm³/mol. The van der Waals surface area contributed by atoms with Crippen LogP contribution in [0.5, 0.6) is 0 Å². The summed E-state index contributed by atoms with van der Waals surface area (Å²) in [4.78, 5) is 13.8. The summed E-state index contributed by atoms with van der Waals surface area (Å²) < 4.78 is 5.37. The number of hydrogen-bond acceptors (Lipinski definition) is 3. The van der Waals surface area contributed by atoms with Gasteiger partial charge in [0, 0.05) is 12.6 Å². The summed E-state index contributed by atoms with van der Waals surface area (Å²) in [6, 6.07) is 3.66. The third kappa shape index (κ3) is 3.01. The molecular formula is C14H19NO3. The Morgan fingerprint density at radius 1 is 1.56 bits per heavy atom. The van der Waals surface area contributed by atoms with E-state index in [0.29, 0.717) is 5.76 Å². The maximum absolute atomic E-state index is 12.0. The molecule has 1 N–H and O–H groups in total. The lowest BCUT2D eigenvalue weighted by Crippen LogP contribution is -2.44. The molecule has 1 aliphatic rings. The minimum Gasteiger partial charge on any atom is -0.462 e. The molecule has 98 valence electrons. The SMILES string of the molecule is Cc1ccc(/C=C/C(=O)N2CCCCC2CO)o1. The number of carbonyl (C=O) groups is 1. The van der Waals surface area contributed by atoms with Crippen LogP contribution in [-0.2, 0) is 4.79 Å². The molecule has 0 bridgehead atoms. The summed E-state index contributed by atoms with van der Waals surface area (Å²) in [5.41, 5.74) is 0. The van der Waals surface area contributed by atoms with Gasteiger partial charge in [-0.2, -0.15) is 0 Å². The number of furan rings is 1. The molecule has 1 aromatic heterocycles. The van der Waals surface area contributed by atoms with Gasteiger partial charge in [0.2, 0.25) is 5.91 Å². The Kier molecular flexibility index (Phi) is 4.20. The van der Waals surface area contributed by atoms with E-state index in [1.165, 1.54) is 6.08 Å². The molecule has 0 aliphatic carbocycles. The predicted octanol–water partition coefficient (Wildman–Crippen LogP) is 1.97. The summed E-state index contributed by atoms with van der Waals surface area (Å²) in [6.45, 7) is 2.64. The van der Waals surface area contributed by atoms with Crippen LogP contribution in [0.15, 0.2) is 22.6 Å². The Bertz CT molecular complexity index is 436. The maximum Gasteiger partial charge on any atom is 0.247 e. The molecule has 1 unspecified atom stereocenters. The van der Waals surface area contributed by atoms with E-state index in [1.54, 1.807) is 11.0 Å². The van der Waals surface area contributed by atoms with Gasteiger partial charge in [-0.25, -0.2) is 0 Å². The van der Waals surface area contributed by atoms with Crippen molar-refractivity contribution in [3.8, 4) is 0 Å². The average molecular weight is 249 g/mol. The summed E-state index contributed by atoms with van der Waals surface area (Å²) >= 11 is 0. The quantitative estimate of drug-likeness (QED) is 0.833. The zero-order valence-electron chi connectivity index (χ0n) is 10.6. The van der Waals surface area contributed by atoms with Crippen molar-refractivity contribution in [2.24, 2.45) is 0 Å². The molecule has 0 saturated carbocycles. The molecule has 1 atom stereocenters. The van der Waals surface area contributed by atoms with Gasteiger partial charge in [0.1, 0.15) is 11.5 Å². The topological polar surface area (TPSA) is 53.7 Å². The zero-order valence-corrected chi connectivity index (χ0v) is 10.6. The second-order valence-electron chi connectivity index (χ2n) is 4.65. The van der Waals surface area contributed by atoms with Gasteiger partial charge in [-0.1, -0.05) is 0 Å². The van der Waals surface area contributed by atoms with Gasteiger partial charge in [-0.05, 0) is 44.4 Å². The van der Waals surface area contributed by atoms with Gasteiger partial charge in [0.25, 0.3) is 0 Å². The van der Waals surface area contributed by atoms with Crippen molar-refractivity contribution in [1.29, 1.82) is 0 Å². The third-order valence-corrected chi connectivity index (χ3v) is 3.27. The molecule has 0 aromatic carbocycles. The van der Waals surface area contributed by atoms with Crippen molar-refractivity contribution < 1.29 is 14.3 Å². The smallest absolute Gasteiger partial charge is 0.247 e. The van der Waals surface area contributed by atoms with Crippen LogP contribution in [0.4, 0.5) is 0 Å². The van der Waals surface area contributed by atoms with Crippen LogP contribution in [0.25, 0.3) is 6.08 Å². The Morgan fingerprint density at radius 3 is 3.06 bits per heavy atom. The number of aryl methyl sites for hydroxylation is 1. The van der Waals surface area contributed by atoms with Crippen molar-refractivity contribution in [3.63, 3.8) is 0 Å². The fourth-order valence-corrected chi connectivity index (χ4v) is 2.27. The monoisotopic (exact) mass is 249 g/mol. The van der Waals surface area contributed by atoms with E-state index in [1.807, 2.05) is 19.1 Å². The van der Waals surface area contributed by atoms with Crippen molar-refractivity contribution in [3.05, 3.63) is 29.7 Å². The lowest BCUT2D eigenvalue weighted by atomic mass is 10.0. The normalized spacial score (nSPS) is 20.6. The highest BCUT2D eigenvalue weighted by Crippen LogP contribution is 2.17. The fraction of sp³-hybridized carbons (Fsp3) is 0.500. The first-order valence-corrected chi connectivity index (χ1v) is 6.36. The molecule has 2 rings (SSSR count). The number of nitrogens with zero attached hydrogens (tertiary/aromatic N) is 1. The van der Waals surface area contributed by atoms with Gasteiger partial charge >= 0.3 is 0 Å². The fourth-order valence-electron chi connectivity index (χ4n) is 2.27. The van der Waals surface area contributed by atoms with Crippen molar-refractivity contribution >= 4 is 12.0 Å². The Hall–Kier alpha value is -1.55. The first-order valence-electron chi connectivity index (χ1n) is 6.36. The summed E-state index contributed by atoms with van der Waals surface area (Å²) in [7, 11) is 0. The van der Waals surface area contributed by atoms with Crippen LogP contribution in [0.1, 0.15) is 30.8 Å². The molecule has 0 radical (unpaired) electrons. The third-order valence-electron chi connectivity index (χ3n) is 3.27.